The lowest BCUT2D eigenvalue weighted by Gasteiger charge is -2.22. The number of ether oxygens (including phenoxy) is 1. The molecule has 1 saturated heterocycles. The molecule has 1 aliphatic heterocycles. The van der Waals surface area contributed by atoms with Crippen LogP contribution in [-0.2, 0) is 14.8 Å². The molecule has 1 fully saturated rings. The van der Waals surface area contributed by atoms with Gasteiger partial charge in [0.25, 0.3) is 0 Å². The first-order valence-electron chi connectivity index (χ1n) is 6.10. The van der Waals surface area contributed by atoms with Crippen LogP contribution in [0.4, 0.5) is 5.69 Å². The number of rotatable bonds is 3. The molecular weight excluding hydrogens is 278 g/mol. The summed E-state index contributed by atoms with van der Waals surface area (Å²) in [6, 6.07) is 8.04. The van der Waals surface area contributed by atoms with Crippen LogP contribution < -0.4 is 4.72 Å². The van der Waals surface area contributed by atoms with E-state index >= 15 is 0 Å². The van der Waals surface area contributed by atoms with Gasteiger partial charge in [-0.1, -0.05) is 0 Å². The van der Waals surface area contributed by atoms with Gasteiger partial charge < -0.3 is 4.74 Å². The Bertz CT molecular complexity index is 680. The highest BCUT2D eigenvalue weighted by Crippen LogP contribution is 2.21. The zero-order valence-corrected chi connectivity index (χ0v) is 11.5. The molecule has 7 heteroatoms. The van der Waals surface area contributed by atoms with E-state index in [2.05, 4.69) is 4.72 Å². The fourth-order valence-electron chi connectivity index (χ4n) is 2.03. The van der Waals surface area contributed by atoms with Crippen LogP contribution in [0, 0.1) is 22.7 Å². The van der Waals surface area contributed by atoms with Crippen LogP contribution in [0.5, 0.6) is 0 Å². The van der Waals surface area contributed by atoms with Gasteiger partial charge in [-0.15, -0.1) is 0 Å². The second-order valence-electron chi connectivity index (χ2n) is 4.44. The molecule has 0 aromatic heterocycles. The summed E-state index contributed by atoms with van der Waals surface area (Å²) in [4.78, 5) is 0. The van der Waals surface area contributed by atoms with E-state index in [-0.39, 0.29) is 11.1 Å². The van der Waals surface area contributed by atoms with Gasteiger partial charge in [0.05, 0.1) is 16.4 Å². The quantitative estimate of drug-likeness (QED) is 0.905. The van der Waals surface area contributed by atoms with Crippen LogP contribution in [0.15, 0.2) is 18.2 Å². The normalized spacial score (nSPS) is 16.1. The Kier molecular flexibility index (Phi) is 4.23. The van der Waals surface area contributed by atoms with E-state index in [1.165, 1.54) is 18.2 Å². The minimum Gasteiger partial charge on any atom is -0.381 e. The molecule has 0 spiro atoms. The minimum absolute atomic E-state index is 0.152. The van der Waals surface area contributed by atoms with Gasteiger partial charge in [-0.05, 0) is 31.0 Å². The fraction of sp³-hybridized carbons (Fsp3) is 0.385. The number of benzene rings is 1. The molecule has 0 bridgehead atoms. The SMILES string of the molecule is N#Cc1ccc(NS(=O)(=O)C2CCOCC2)cc1C#N. The Labute approximate surface area is 117 Å². The molecule has 20 heavy (non-hydrogen) atoms. The summed E-state index contributed by atoms with van der Waals surface area (Å²) in [5.41, 5.74) is 0.674. The van der Waals surface area contributed by atoms with Gasteiger partial charge in [0.2, 0.25) is 10.0 Å². The molecule has 6 nitrogen and oxygen atoms in total. The highest BCUT2D eigenvalue weighted by atomic mass is 32.2. The number of hydrogen-bond acceptors (Lipinski definition) is 5. The maximum absolute atomic E-state index is 12.2. The number of hydrogen-bond donors (Lipinski definition) is 1. The third-order valence-electron chi connectivity index (χ3n) is 3.13. The Morgan fingerprint density at radius 1 is 1.15 bits per heavy atom. The van der Waals surface area contributed by atoms with Crippen LogP contribution in [0.3, 0.4) is 0 Å². The van der Waals surface area contributed by atoms with Gasteiger partial charge >= 0.3 is 0 Å². The molecule has 1 N–H and O–H groups in total. The van der Waals surface area contributed by atoms with E-state index in [0.29, 0.717) is 31.7 Å². The largest absolute Gasteiger partial charge is 0.381 e. The van der Waals surface area contributed by atoms with Crippen molar-refractivity contribution in [3.8, 4) is 12.1 Å². The molecule has 1 aliphatic rings. The number of nitrogens with one attached hydrogen (secondary N) is 1. The second kappa shape index (κ2) is 5.91. The average Bonchev–Trinajstić information content (AvgIpc) is 2.47. The lowest BCUT2D eigenvalue weighted by Crippen LogP contribution is -2.33. The summed E-state index contributed by atoms with van der Waals surface area (Å²) < 4.78 is 32.0. The predicted octanol–water partition coefficient (Wildman–Crippen LogP) is 1.35. The number of nitrogens with zero attached hydrogens (tertiary/aromatic N) is 2. The van der Waals surface area contributed by atoms with Crippen LogP contribution >= 0.6 is 0 Å². The van der Waals surface area contributed by atoms with E-state index in [0.717, 1.165) is 0 Å². The lowest BCUT2D eigenvalue weighted by molar-refractivity contribution is 0.0984. The van der Waals surface area contributed by atoms with E-state index in [4.69, 9.17) is 15.3 Å². The van der Waals surface area contributed by atoms with E-state index in [9.17, 15) is 8.42 Å². The van der Waals surface area contributed by atoms with Gasteiger partial charge in [-0.3, -0.25) is 4.72 Å². The molecule has 1 aromatic rings. The van der Waals surface area contributed by atoms with Crippen molar-refractivity contribution in [3.63, 3.8) is 0 Å². The maximum atomic E-state index is 12.2. The zero-order chi connectivity index (χ0) is 14.6. The van der Waals surface area contributed by atoms with Crippen molar-refractivity contribution in [1.82, 2.24) is 0 Å². The fourth-order valence-corrected chi connectivity index (χ4v) is 3.47. The first-order chi connectivity index (χ1) is 9.56. The Hall–Kier alpha value is -2.09. The monoisotopic (exact) mass is 291 g/mol. The van der Waals surface area contributed by atoms with Crippen molar-refractivity contribution >= 4 is 15.7 Å². The van der Waals surface area contributed by atoms with Gasteiger partial charge in [0.1, 0.15) is 12.1 Å². The highest BCUT2D eigenvalue weighted by Gasteiger charge is 2.27. The van der Waals surface area contributed by atoms with Crippen molar-refractivity contribution in [3.05, 3.63) is 29.3 Å². The summed E-state index contributed by atoms with van der Waals surface area (Å²) in [6.45, 7) is 0.866. The van der Waals surface area contributed by atoms with Crippen molar-refractivity contribution < 1.29 is 13.2 Å². The molecule has 0 unspecified atom stereocenters. The Balaban J connectivity index is 2.21. The van der Waals surface area contributed by atoms with Crippen molar-refractivity contribution in [2.75, 3.05) is 17.9 Å². The molecule has 104 valence electrons. The third kappa shape index (κ3) is 3.08. The van der Waals surface area contributed by atoms with Crippen LogP contribution in [0.2, 0.25) is 0 Å². The van der Waals surface area contributed by atoms with Crippen molar-refractivity contribution in [2.24, 2.45) is 0 Å². The maximum Gasteiger partial charge on any atom is 0.235 e. The van der Waals surface area contributed by atoms with Gasteiger partial charge in [-0.2, -0.15) is 10.5 Å². The van der Waals surface area contributed by atoms with Crippen LogP contribution in [0.1, 0.15) is 24.0 Å². The van der Waals surface area contributed by atoms with Crippen molar-refractivity contribution in [1.29, 1.82) is 10.5 Å². The molecular formula is C13H13N3O3S. The van der Waals surface area contributed by atoms with Crippen LogP contribution in [0.25, 0.3) is 0 Å². The summed E-state index contributed by atoms with van der Waals surface area (Å²) >= 11 is 0. The topological polar surface area (TPSA) is 103 Å². The first-order valence-corrected chi connectivity index (χ1v) is 7.65. The van der Waals surface area contributed by atoms with E-state index in [1.807, 2.05) is 12.1 Å². The molecule has 0 saturated carbocycles. The number of nitriles is 2. The van der Waals surface area contributed by atoms with E-state index in [1.54, 1.807) is 0 Å². The summed E-state index contributed by atoms with van der Waals surface area (Å²) in [5, 5.41) is 17.3. The highest BCUT2D eigenvalue weighted by molar-refractivity contribution is 7.93. The van der Waals surface area contributed by atoms with Gasteiger partial charge in [-0.25, -0.2) is 8.42 Å². The molecule has 1 heterocycles. The molecule has 1 aromatic carbocycles. The standard InChI is InChI=1S/C13H13N3O3S/c14-8-10-1-2-12(7-11(10)9-15)16-20(17,18)13-3-5-19-6-4-13/h1-2,7,13,16H,3-6H2. The van der Waals surface area contributed by atoms with Crippen molar-refractivity contribution in [2.45, 2.75) is 18.1 Å². The summed E-state index contributed by atoms with van der Waals surface area (Å²) in [7, 11) is -3.50. The molecule has 0 amide bonds. The number of anilines is 1. The average molecular weight is 291 g/mol. The van der Waals surface area contributed by atoms with Crippen LogP contribution in [-0.4, -0.2) is 26.9 Å². The molecule has 2 rings (SSSR count). The van der Waals surface area contributed by atoms with E-state index < -0.39 is 15.3 Å². The Morgan fingerprint density at radius 3 is 2.40 bits per heavy atom. The summed E-state index contributed by atoms with van der Waals surface area (Å²) in [6.07, 6.45) is 0.910. The number of sulfonamides is 1. The third-order valence-corrected chi connectivity index (χ3v) is 5.00. The molecule has 0 radical (unpaired) electrons. The predicted molar refractivity (Wildman–Crippen MR) is 72.3 cm³/mol. The second-order valence-corrected chi connectivity index (χ2v) is 6.40. The zero-order valence-electron chi connectivity index (χ0n) is 10.7. The Morgan fingerprint density at radius 2 is 1.80 bits per heavy atom. The first kappa shape index (κ1) is 14.3. The molecule has 0 atom stereocenters. The minimum atomic E-state index is -3.50. The van der Waals surface area contributed by atoms with Gasteiger partial charge in [0, 0.05) is 18.9 Å². The molecule has 0 aliphatic carbocycles. The summed E-state index contributed by atoms with van der Waals surface area (Å²) in [5.74, 6) is 0. The lowest BCUT2D eigenvalue weighted by atomic mass is 10.1. The van der Waals surface area contributed by atoms with Gasteiger partial charge in [0.15, 0.2) is 0 Å². The smallest absolute Gasteiger partial charge is 0.235 e.